The second-order valence-corrected chi connectivity index (χ2v) is 6.26. The monoisotopic (exact) mass is 321 g/mol. The molecule has 6 heteroatoms. The Morgan fingerprint density at radius 2 is 2.18 bits per heavy atom. The molecular weight excluding hydrogens is 305 g/mol. The van der Waals surface area contributed by atoms with Crippen molar-refractivity contribution < 1.29 is 19.4 Å². The number of amides is 1. The van der Waals surface area contributed by atoms with Crippen LogP contribution in [-0.2, 0) is 0 Å². The van der Waals surface area contributed by atoms with E-state index in [-0.39, 0.29) is 35.7 Å². The molecule has 0 spiro atoms. The van der Waals surface area contributed by atoms with Gasteiger partial charge in [0.05, 0.1) is 5.56 Å². The smallest absolute Gasteiger partial charge is 0.257 e. The van der Waals surface area contributed by atoms with E-state index in [1.54, 1.807) is 16.2 Å². The van der Waals surface area contributed by atoms with Crippen molar-refractivity contribution in [2.45, 2.75) is 5.92 Å². The molecule has 116 valence electrons. The Morgan fingerprint density at radius 1 is 1.36 bits per heavy atom. The Kier molecular flexibility index (Phi) is 4.13. The van der Waals surface area contributed by atoms with E-state index in [0.717, 1.165) is 17.7 Å². The zero-order chi connectivity index (χ0) is 15.7. The highest BCUT2D eigenvalue weighted by Gasteiger charge is 2.36. The minimum atomic E-state index is -0.583. The standard InChI is InChI=1S/C16H16FNO3S/c17-12-1-2-13(15(20)5-12)16(21)18-6-11(8-19)14(7-18)10-3-4-22-9-10/h1-5,9,11,14,19-20H,6-8H2/t11-,14-/m0/s1. The van der Waals surface area contributed by atoms with Gasteiger partial charge in [-0.3, -0.25) is 4.79 Å². The number of aromatic hydroxyl groups is 1. The molecular formula is C16H16FNO3S. The van der Waals surface area contributed by atoms with Crippen molar-refractivity contribution in [1.29, 1.82) is 0 Å². The lowest BCUT2D eigenvalue weighted by Crippen LogP contribution is -2.29. The number of thiophene rings is 1. The first kappa shape index (κ1) is 15.0. The molecule has 2 atom stereocenters. The predicted molar refractivity (Wildman–Crippen MR) is 81.6 cm³/mol. The minimum absolute atomic E-state index is 0.000304. The molecule has 0 saturated carbocycles. The molecule has 1 saturated heterocycles. The van der Waals surface area contributed by atoms with Gasteiger partial charge < -0.3 is 15.1 Å². The van der Waals surface area contributed by atoms with Crippen molar-refractivity contribution >= 4 is 17.2 Å². The molecule has 2 N–H and O–H groups in total. The van der Waals surface area contributed by atoms with E-state index >= 15 is 0 Å². The summed E-state index contributed by atoms with van der Waals surface area (Å²) in [6.45, 7) is 0.907. The minimum Gasteiger partial charge on any atom is -0.507 e. The number of halogens is 1. The van der Waals surface area contributed by atoms with Gasteiger partial charge in [-0.05, 0) is 34.5 Å². The number of aliphatic hydroxyl groups excluding tert-OH is 1. The van der Waals surface area contributed by atoms with Crippen LogP contribution in [0.3, 0.4) is 0 Å². The maximum Gasteiger partial charge on any atom is 0.257 e. The number of phenols is 1. The third kappa shape index (κ3) is 2.71. The van der Waals surface area contributed by atoms with Crippen molar-refractivity contribution in [3.8, 4) is 5.75 Å². The number of carbonyl (C=O) groups excluding carboxylic acids is 1. The summed E-state index contributed by atoms with van der Waals surface area (Å²) in [7, 11) is 0. The van der Waals surface area contributed by atoms with Gasteiger partial charge in [-0.15, -0.1) is 0 Å². The van der Waals surface area contributed by atoms with Gasteiger partial charge in [0.25, 0.3) is 5.91 Å². The zero-order valence-electron chi connectivity index (χ0n) is 11.8. The van der Waals surface area contributed by atoms with Crippen LogP contribution in [0.5, 0.6) is 5.75 Å². The van der Waals surface area contributed by atoms with Gasteiger partial charge in [0, 0.05) is 37.6 Å². The summed E-state index contributed by atoms with van der Waals surface area (Å²) in [5, 5.41) is 23.3. The summed E-state index contributed by atoms with van der Waals surface area (Å²) in [5.41, 5.74) is 1.20. The van der Waals surface area contributed by atoms with Crippen LogP contribution >= 0.6 is 11.3 Å². The van der Waals surface area contributed by atoms with Gasteiger partial charge in [-0.1, -0.05) is 0 Å². The van der Waals surface area contributed by atoms with Gasteiger partial charge >= 0.3 is 0 Å². The molecule has 1 aliphatic rings. The molecule has 0 bridgehead atoms. The summed E-state index contributed by atoms with van der Waals surface area (Å²) in [6, 6.07) is 5.38. The molecule has 1 aromatic carbocycles. The number of phenolic OH excluding ortho intramolecular Hbond substituents is 1. The van der Waals surface area contributed by atoms with Gasteiger partial charge in [0.15, 0.2) is 0 Å². The molecule has 1 fully saturated rings. The molecule has 22 heavy (non-hydrogen) atoms. The normalized spacial score (nSPS) is 21.3. The summed E-state index contributed by atoms with van der Waals surface area (Å²) < 4.78 is 13.0. The summed E-state index contributed by atoms with van der Waals surface area (Å²) in [4.78, 5) is 14.1. The molecule has 1 amide bonds. The van der Waals surface area contributed by atoms with Crippen LogP contribution in [0.2, 0.25) is 0 Å². The Bertz CT molecular complexity index is 674. The van der Waals surface area contributed by atoms with Crippen molar-refractivity contribution in [1.82, 2.24) is 4.90 Å². The number of nitrogens with zero attached hydrogens (tertiary/aromatic N) is 1. The van der Waals surface area contributed by atoms with Crippen molar-refractivity contribution in [2.75, 3.05) is 19.7 Å². The van der Waals surface area contributed by atoms with Crippen LogP contribution in [0.25, 0.3) is 0 Å². The first-order chi connectivity index (χ1) is 10.6. The number of carbonyl (C=O) groups is 1. The summed E-state index contributed by atoms with van der Waals surface area (Å²) in [5.74, 6) is -1.22. The van der Waals surface area contributed by atoms with Crippen molar-refractivity contribution in [3.05, 3.63) is 52.0 Å². The number of hydrogen-bond donors (Lipinski definition) is 2. The predicted octanol–water partition coefficient (Wildman–Crippen LogP) is 2.44. The van der Waals surface area contributed by atoms with E-state index in [1.807, 2.05) is 16.8 Å². The highest BCUT2D eigenvalue weighted by atomic mass is 32.1. The van der Waals surface area contributed by atoms with E-state index < -0.39 is 5.82 Å². The SMILES string of the molecule is O=C(c1ccc(F)cc1O)N1C[C@@H](CO)[C@H](c2ccsc2)C1. The van der Waals surface area contributed by atoms with Gasteiger partial charge in [0.1, 0.15) is 11.6 Å². The topological polar surface area (TPSA) is 60.8 Å². The first-order valence-corrected chi connectivity index (χ1v) is 7.95. The van der Waals surface area contributed by atoms with Crippen LogP contribution in [0.4, 0.5) is 4.39 Å². The largest absolute Gasteiger partial charge is 0.507 e. The van der Waals surface area contributed by atoms with Crippen molar-refractivity contribution in [2.24, 2.45) is 5.92 Å². The molecule has 4 nitrogen and oxygen atoms in total. The van der Waals surface area contributed by atoms with Crippen LogP contribution in [0, 0.1) is 11.7 Å². The van der Waals surface area contributed by atoms with Crippen LogP contribution in [0.15, 0.2) is 35.0 Å². The van der Waals surface area contributed by atoms with Gasteiger partial charge in [0.2, 0.25) is 0 Å². The molecule has 2 aromatic rings. The van der Waals surface area contributed by atoms with E-state index in [2.05, 4.69) is 0 Å². The Morgan fingerprint density at radius 3 is 2.82 bits per heavy atom. The number of hydrogen-bond acceptors (Lipinski definition) is 4. The maximum atomic E-state index is 13.0. The molecule has 1 aliphatic heterocycles. The molecule has 2 heterocycles. The lowest BCUT2D eigenvalue weighted by Gasteiger charge is -2.17. The second-order valence-electron chi connectivity index (χ2n) is 5.48. The molecule has 0 aliphatic carbocycles. The van der Waals surface area contributed by atoms with Gasteiger partial charge in [-0.25, -0.2) is 4.39 Å². The molecule has 1 aromatic heterocycles. The third-order valence-electron chi connectivity index (χ3n) is 4.12. The highest BCUT2D eigenvalue weighted by Crippen LogP contribution is 2.35. The number of aliphatic hydroxyl groups is 1. The highest BCUT2D eigenvalue weighted by molar-refractivity contribution is 7.08. The van der Waals surface area contributed by atoms with E-state index in [9.17, 15) is 19.4 Å². The summed E-state index contributed by atoms with van der Waals surface area (Å²) in [6.07, 6.45) is 0. The molecule has 0 radical (unpaired) electrons. The Balaban J connectivity index is 1.82. The second kappa shape index (κ2) is 6.06. The first-order valence-electron chi connectivity index (χ1n) is 7.01. The average Bonchev–Trinajstić information content (AvgIpc) is 3.15. The fourth-order valence-corrected chi connectivity index (χ4v) is 3.67. The Hall–Kier alpha value is -1.92. The van der Waals surface area contributed by atoms with Crippen LogP contribution in [-0.4, -0.2) is 40.7 Å². The number of likely N-dealkylation sites (tertiary alicyclic amines) is 1. The van der Waals surface area contributed by atoms with E-state index in [1.165, 1.54) is 6.07 Å². The average molecular weight is 321 g/mol. The zero-order valence-corrected chi connectivity index (χ0v) is 12.6. The lowest BCUT2D eigenvalue weighted by atomic mass is 9.92. The van der Waals surface area contributed by atoms with E-state index in [0.29, 0.717) is 13.1 Å². The fraction of sp³-hybridized carbons (Fsp3) is 0.312. The molecule has 0 unspecified atom stereocenters. The molecule has 3 rings (SSSR count). The summed E-state index contributed by atoms with van der Waals surface area (Å²) >= 11 is 1.58. The van der Waals surface area contributed by atoms with Gasteiger partial charge in [-0.2, -0.15) is 11.3 Å². The third-order valence-corrected chi connectivity index (χ3v) is 4.83. The van der Waals surface area contributed by atoms with Crippen molar-refractivity contribution in [3.63, 3.8) is 0 Å². The quantitative estimate of drug-likeness (QED) is 0.913. The number of benzene rings is 1. The van der Waals surface area contributed by atoms with Crippen LogP contribution < -0.4 is 0 Å². The lowest BCUT2D eigenvalue weighted by molar-refractivity contribution is 0.0778. The number of rotatable bonds is 3. The van der Waals surface area contributed by atoms with E-state index in [4.69, 9.17) is 0 Å². The maximum absolute atomic E-state index is 13.0. The Labute approximate surface area is 131 Å². The van der Waals surface area contributed by atoms with Crippen LogP contribution in [0.1, 0.15) is 21.8 Å². The fourth-order valence-electron chi connectivity index (χ4n) is 2.94.